The average molecular weight is 442 g/mol. The number of nitrogens with zero attached hydrogens (tertiary/aromatic N) is 1. The van der Waals surface area contributed by atoms with Crippen molar-refractivity contribution >= 4 is 27.2 Å². The standard InChI is InChI=1S/C20H21F3N2O4S/c1-4-29-17-11-10-15(12-18(17)30(27,28)25(2)3)24-19(26)13-16(20(21,22)23)14-8-6-5-7-9-14/h5-13H,4H2,1-3H3,(H,24,26)/b16-13-. The van der Waals surface area contributed by atoms with Gasteiger partial charge in [0, 0.05) is 25.9 Å². The van der Waals surface area contributed by atoms with Gasteiger partial charge in [0.1, 0.15) is 10.6 Å². The van der Waals surface area contributed by atoms with Gasteiger partial charge in [-0.3, -0.25) is 4.79 Å². The highest BCUT2D eigenvalue weighted by atomic mass is 32.2. The zero-order valence-electron chi connectivity index (χ0n) is 16.5. The Morgan fingerprint density at radius 2 is 1.77 bits per heavy atom. The van der Waals surface area contributed by atoms with Crippen molar-refractivity contribution in [2.45, 2.75) is 18.0 Å². The van der Waals surface area contributed by atoms with Gasteiger partial charge in [-0.25, -0.2) is 12.7 Å². The zero-order valence-corrected chi connectivity index (χ0v) is 17.3. The summed E-state index contributed by atoms with van der Waals surface area (Å²) >= 11 is 0. The third-order valence-corrected chi connectivity index (χ3v) is 5.77. The van der Waals surface area contributed by atoms with Crippen molar-refractivity contribution in [3.8, 4) is 5.75 Å². The fourth-order valence-corrected chi connectivity index (χ4v) is 3.57. The molecule has 0 unspecified atom stereocenters. The second-order valence-electron chi connectivity index (χ2n) is 6.29. The molecule has 0 spiro atoms. The van der Waals surface area contributed by atoms with Crippen LogP contribution in [-0.4, -0.2) is 45.5 Å². The molecule has 0 bridgehead atoms. The van der Waals surface area contributed by atoms with Crippen LogP contribution in [0.2, 0.25) is 0 Å². The molecule has 0 saturated heterocycles. The van der Waals surface area contributed by atoms with E-state index in [9.17, 15) is 26.4 Å². The van der Waals surface area contributed by atoms with Gasteiger partial charge in [-0.15, -0.1) is 0 Å². The van der Waals surface area contributed by atoms with E-state index in [-0.39, 0.29) is 28.5 Å². The fraction of sp³-hybridized carbons (Fsp3) is 0.250. The Labute approximate surface area is 173 Å². The van der Waals surface area contributed by atoms with Crippen molar-refractivity contribution < 1.29 is 31.1 Å². The molecule has 0 aromatic heterocycles. The van der Waals surface area contributed by atoms with Crippen molar-refractivity contribution in [3.05, 3.63) is 60.2 Å². The smallest absolute Gasteiger partial charge is 0.417 e. The minimum absolute atomic E-state index is 0.00899. The highest BCUT2D eigenvalue weighted by Crippen LogP contribution is 2.34. The number of rotatable bonds is 7. The summed E-state index contributed by atoms with van der Waals surface area (Å²) in [6.07, 6.45) is -4.32. The van der Waals surface area contributed by atoms with Crippen molar-refractivity contribution in [3.63, 3.8) is 0 Å². The summed E-state index contributed by atoms with van der Waals surface area (Å²) in [7, 11) is -1.26. The number of nitrogens with one attached hydrogen (secondary N) is 1. The molecule has 1 amide bonds. The number of amides is 1. The number of allylic oxidation sites excluding steroid dienone is 1. The van der Waals surface area contributed by atoms with Crippen molar-refractivity contribution in [2.24, 2.45) is 0 Å². The van der Waals surface area contributed by atoms with Crippen LogP contribution in [0.5, 0.6) is 5.75 Å². The molecule has 2 rings (SSSR count). The van der Waals surface area contributed by atoms with Gasteiger partial charge in [-0.05, 0) is 30.7 Å². The molecule has 1 N–H and O–H groups in total. The number of hydrogen-bond acceptors (Lipinski definition) is 4. The van der Waals surface area contributed by atoms with Gasteiger partial charge >= 0.3 is 6.18 Å². The Hall–Kier alpha value is -2.85. The molecular formula is C20H21F3N2O4S. The number of halogens is 3. The van der Waals surface area contributed by atoms with Crippen LogP contribution in [0, 0.1) is 0 Å². The third-order valence-electron chi connectivity index (χ3n) is 3.94. The van der Waals surface area contributed by atoms with E-state index in [0.29, 0.717) is 6.08 Å². The van der Waals surface area contributed by atoms with E-state index >= 15 is 0 Å². The summed E-state index contributed by atoms with van der Waals surface area (Å²) in [4.78, 5) is 12.1. The van der Waals surface area contributed by atoms with Crippen molar-refractivity contribution in [1.29, 1.82) is 0 Å². The van der Waals surface area contributed by atoms with E-state index in [1.165, 1.54) is 50.5 Å². The summed E-state index contributed by atoms with van der Waals surface area (Å²) in [6, 6.07) is 10.7. The van der Waals surface area contributed by atoms with Crippen LogP contribution in [0.3, 0.4) is 0 Å². The van der Waals surface area contributed by atoms with Gasteiger partial charge in [-0.2, -0.15) is 13.2 Å². The van der Waals surface area contributed by atoms with Crippen molar-refractivity contribution in [2.75, 3.05) is 26.0 Å². The Balaban J connectivity index is 2.41. The Bertz CT molecular complexity index is 1030. The predicted octanol–water partition coefficient (Wildman–Crippen LogP) is 3.92. The van der Waals surface area contributed by atoms with Gasteiger partial charge in [-0.1, -0.05) is 30.3 Å². The first kappa shape index (κ1) is 23.4. The van der Waals surface area contributed by atoms with Gasteiger partial charge in [0.15, 0.2) is 0 Å². The van der Waals surface area contributed by atoms with Crippen LogP contribution in [0.15, 0.2) is 59.5 Å². The predicted molar refractivity (Wildman–Crippen MR) is 108 cm³/mol. The largest absolute Gasteiger partial charge is 0.492 e. The van der Waals surface area contributed by atoms with Gasteiger partial charge in [0.05, 0.1) is 12.2 Å². The zero-order chi connectivity index (χ0) is 22.5. The monoisotopic (exact) mass is 442 g/mol. The van der Waals surface area contributed by atoms with Gasteiger partial charge in [0.25, 0.3) is 0 Å². The third kappa shape index (κ3) is 5.61. The molecule has 0 fully saturated rings. The van der Waals surface area contributed by atoms with Crippen LogP contribution < -0.4 is 10.1 Å². The minimum Gasteiger partial charge on any atom is -0.492 e. The molecule has 10 heteroatoms. The SMILES string of the molecule is CCOc1ccc(NC(=O)/C=C(/c2ccccc2)C(F)(F)F)cc1S(=O)(=O)N(C)C. The summed E-state index contributed by atoms with van der Waals surface area (Å²) in [5.74, 6) is -0.983. The van der Waals surface area contributed by atoms with Crippen LogP contribution >= 0.6 is 0 Å². The molecule has 0 aliphatic heterocycles. The van der Waals surface area contributed by atoms with E-state index in [1.54, 1.807) is 13.0 Å². The van der Waals surface area contributed by atoms with Gasteiger partial charge in [0.2, 0.25) is 15.9 Å². The van der Waals surface area contributed by atoms with E-state index in [0.717, 1.165) is 10.4 Å². The van der Waals surface area contributed by atoms with Crippen LogP contribution in [0.25, 0.3) is 5.57 Å². The fourth-order valence-electron chi connectivity index (χ4n) is 2.51. The molecular weight excluding hydrogens is 421 g/mol. The molecule has 2 aromatic carbocycles. The number of alkyl halides is 3. The van der Waals surface area contributed by atoms with Crippen LogP contribution in [0.4, 0.5) is 18.9 Å². The number of anilines is 1. The average Bonchev–Trinajstić information content (AvgIpc) is 2.67. The number of benzene rings is 2. The second kappa shape index (κ2) is 9.31. The molecule has 30 heavy (non-hydrogen) atoms. The second-order valence-corrected chi connectivity index (χ2v) is 8.41. The summed E-state index contributed by atoms with van der Waals surface area (Å²) in [6.45, 7) is 1.88. The summed E-state index contributed by atoms with van der Waals surface area (Å²) in [5.41, 5.74) is -1.27. The van der Waals surface area contributed by atoms with E-state index in [1.807, 2.05) is 0 Å². The first-order valence-electron chi connectivity index (χ1n) is 8.81. The normalized spacial score (nSPS) is 12.7. The molecule has 6 nitrogen and oxygen atoms in total. The molecule has 162 valence electrons. The lowest BCUT2D eigenvalue weighted by atomic mass is 10.1. The molecule has 0 atom stereocenters. The van der Waals surface area contributed by atoms with Gasteiger partial charge < -0.3 is 10.1 Å². The summed E-state index contributed by atoms with van der Waals surface area (Å²) in [5, 5.41) is 2.28. The Morgan fingerprint density at radius 3 is 2.30 bits per heavy atom. The Kier molecular flexibility index (Phi) is 7.27. The molecule has 0 heterocycles. The molecule has 0 radical (unpaired) electrons. The highest BCUT2D eigenvalue weighted by Gasteiger charge is 2.35. The topological polar surface area (TPSA) is 75.7 Å². The van der Waals surface area contributed by atoms with Crippen LogP contribution in [0.1, 0.15) is 12.5 Å². The lowest BCUT2D eigenvalue weighted by Crippen LogP contribution is -2.23. The van der Waals surface area contributed by atoms with E-state index in [2.05, 4.69) is 5.32 Å². The molecule has 0 aliphatic rings. The number of sulfonamides is 1. The van der Waals surface area contributed by atoms with E-state index in [4.69, 9.17) is 4.74 Å². The van der Waals surface area contributed by atoms with Crippen LogP contribution in [-0.2, 0) is 14.8 Å². The lowest BCUT2D eigenvalue weighted by molar-refractivity contribution is -0.112. The molecule has 2 aromatic rings. The summed E-state index contributed by atoms with van der Waals surface area (Å²) < 4.78 is 71.6. The maximum absolute atomic E-state index is 13.4. The lowest BCUT2D eigenvalue weighted by Gasteiger charge is -2.16. The first-order chi connectivity index (χ1) is 14.0. The Morgan fingerprint density at radius 1 is 1.13 bits per heavy atom. The first-order valence-corrected chi connectivity index (χ1v) is 10.3. The highest BCUT2D eigenvalue weighted by molar-refractivity contribution is 7.89. The molecule has 0 aliphatic carbocycles. The maximum Gasteiger partial charge on any atom is 0.417 e. The minimum atomic E-state index is -4.75. The number of carbonyl (C=O) groups excluding carboxylic acids is 1. The molecule has 0 saturated carbocycles. The number of carbonyl (C=O) groups is 1. The van der Waals surface area contributed by atoms with E-state index < -0.39 is 27.7 Å². The number of ether oxygens (including phenoxy) is 1. The van der Waals surface area contributed by atoms with Crippen molar-refractivity contribution in [1.82, 2.24) is 4.31 Å². The number of hydrogen-bond donors (Lipinski definition) is 1. The quantitative estimate of drug-likeness (QED) is 0.660. The maximum atomic E-state index is 13.4.